The van der Waals surface area contributed by atoms with E-state index in [1.54, 1.807) is 0 Å². The second-order valence-electron chi connectivity index (χ2n) is 12.6. The van der Waals surface area contributed by atoms with E-state index in [9.17, 15) is 14.7 Å². The summed E-state index contributed by atoms with van der Waals surface area (Å²) in [6, 6.07) is 21.3. The molecule has 0 radical (unpaired) electrons. The zero-order chi connectivity index (χ0) is 36.6. The molecule has 1 aromatic heterocycles. The lowest BCUT2D eigenvalue weighted by Gasteiger charge is -2.24. The molecule has 0 aliphatic carbocycles. The fourth-order valence-corrected chi connectivity index (χ4v) is 5.82. The summed E-state index contributed by atoms with van der Waals surface area (Å²) >= 11 is 1.44. The number of benzene rings is 3. The van der Waals surface area contributed by atoms with Crippen molar-refractivity contribution in [1.29, 1.82) is 0 Å². The number of aliphatic hydroxyl groups excluding tert-OH is 1. The zero-order valence-electron chi connectivity index (χ0n) is 29.7. The van der Waals surface area contributed by atoms with Crippen LogP contribution in [0.3, 0.4) is 0 Å². The maximum atomic E-state index is 12.9. The number of hydrogen-bond acceptors (Lipinski definition) is 12. The predicted molar refractivity (Wildman–Crippen MR) is 200 cm³/mol. The summed E-state index contributed by atoms with van der Waals surface area (Å²) in [7, 11) is 3.98. The third kappa shape index (κ3) is 13.3. The molecule has 14 heteroatoms. The molecule has 4 aromatic rings. The van der Waals surface area contributed by atoms with Crippen LogP contribution in [0.25, 0.3) is 10.2 Å². The maximum absolute atomic E-state index is 12.9. The molecule has 0 saturated heterocycles. The normalized spacial score (nSPS) is 13.3. The van der Waals surface area contributed by atoms with Gasteiger partial charge in [0, 0.05) is 32.4 Å². The molecule has 0 fully saturated rings. The molecule has 4 rings (SSSR count). The number of nitrogens with two attached hydrogens (primary N) is 1. The third-order valence-corrected chi connectivity index (χ3v) is 8.61. The molecule has 1 heterocycles. The van der Waals surface area contributed by atoms with Crippen molar-refractivity contribution in [2.75, 3.05) is 58.6 Å². The predicted octanol–water partition coefficient (Wildman–Crippen LogP) is 4.77. The Morgan fingerprint density at radius 3 is 2.33 bits per heavy atom. The van der Waals surface area contributed by atoms with Crippen LogP contribution in [0.4, 0.5) is 16.5 Å². The van der Waals surface area contributed by atoms with Crippen LogP contribution in [0.1, 0.15) is 25.8 Å². The van der Waals surface area contributed by atoms with Gasteiger partial charge >= 0.3 is 0 Å². The van der Waals surface area contributed by atoms with Crippen molar-refractivity contribution in [2.24, 2.45) is 21.9 Å². The number of aromatic nitrogens is 1. The Morgan fingerprint density at radius 1 is 0.922 bits per heavy atom. The SMILES string of the molecule is CC(C)CC(NC(=O)C(O)C(N)Cc1ccccc1)C(=O)NCCOCCOCCOc1ccc2nc(N=Nc3ccc(N(C)C)cc3)sc2c1. The average molecular weight is 720 g/mol. The highest BCUT2D eigenvalue weighted by Gasteiger charge is 2.28. The first-order chi connectivity index (χ1) is 24.6. The van der Waals surface area contributed by atoms with E-state index < -0.39 is 24.1 Å². The average Bonchev–Trinajstić information content (AvgIpc) is 3.53. The minimum absolute atomic E-state index is 0.136. The lowest BCUT2D eigenvalue weighted by Crippen LogP contribution is -2.54. The molecule has 0 saturated carbocycles. The second kappa shape index (κ2) is 20.4. The van der Waals surface area contributed by atoms with E-state index in [1.807, 2.05) is 106 Å². The van der Waals surface area contributed by atoms with Crippen LogP contribution >= 0.6 is 11.3 Å². The van der Waals surface area contributed by atoms with E-state index >= 15 is 0 Å². The van der Waals surface area contributed by atoms with Crippen molar-refractivity contribution >= 4 is 49.9 Å². The molecular formula is C37H49N7O6S. The largest absolute Gasteiger partial charge is 0.491 e. The molecule has 0 spiro atoms. The van der Waals surface area contributed by atoms with Crippen molar-refractivity contribution in [1.82, 2.24) is 15.6 Å². The molecular weight excluding hydrogens is 671 g/mol. The van der Waals surface area contributed by atoms with E-state index in [1.165, 1.54) is 11.3 Å². The highest BCUT2D eigenvalue weighted by molar-refractivity contribution is 7.21. The lowest BCUT2D eigenvalue weighted by atomic mass is 10.00. The van der Waals surface area contributed by atoms with Crippen LogP contribution in [-0.2, 0) is 25.5 Å². The highest BCUT2D eigenvalue weighted by Crippen LogP contribution is 2.32. The van der Waals surface area contributed by atoms with Crippen LogP contribution in [0.15, 0.2) is 83.0 Å². The molecule has 274 valence electrons. The molecule has 51 heavy (non-hydrogen) atoms. The van der Waals surface area contributed by atoms with Gasteiger partial charge in [0.15, 0.2) is 0 Å². The Hall–Kier alpha value is -4.47. The summed E-state index contributed by atoms with van der Waals surface area (Å²) in [5.74, 6) is -0.172. The summed E-state index contributed by atoms with van der Waals surface area (Å²) in [5.41, 5.74) is 9.68. The smallest absolute Gasteiger partial charge is 0.251 e. The number of aliphatic hydroxyl groups is 1. The highest BCUT2D eigenvalue weighted by atomic mass is 32.1. The topological polar surface area (TPSA) is 173 Å². The lowest BCUT2D eigenvalue weighted by molar-refractivity contribution is -0.135. The fraction of sp³-hybridized carbons (Fsp3) is 0.432. The number of fused-ring (bicyclic) bond motifs is 1. The first kappa shape index (κ1) is 39.3. The number of thiazole rings is 1. The number of rotatable bonds is 21. The molecule has 3 atom stereocenters. The number of nitrogens with one attached hydrogen (secondary N) is 2. The van der Waals surface area contributed by atoms with E-state index in [0.717, 1.165) is 27.2 Å². The number of carbonyl (C=O) groups is 2. The quantitative estimate of drug-likeness (QED) is 0.0699. The van der Waals surface area contributed by atoms with E-state index in [-0.39, 0.29) is 25.0 Å². The maximum Gasteiger partial charge on any atom is 0.251 e. The number of hydrogen-bond donors (Lipinski definition) is 4. The minimum atomic E-state index is -1.45. The summed E-state index contributed by atoms with van der Waals surface area (Å²) in [6.07, 6.45) is -0.705. The van der Waals surface area contributed by atoms with Gasteiger partial charge in [0.05, 0.1) is 42.3 Å². The Labute approximate surface area is 303 Å². The van der Waals surface area contributed by atoms with Crippen molar-refractivity contribution < 1.29 is 28.9 Å². The number of ether oxygens (including phenoxy) is 3. The Bertz CT molecular complexity index is 1680. The summed E-state index contributed by atoms with van der Waals surface area (Å²) < 4.78 is 18.0. The van der Waals surface area contributed by atoms with Crippen molar-refractivity contribution in [3.8, 4) is 5.75 Å². The molecule has 13 nitrogen and oxygen atoms in total. The zero-order valence-corrected chi connectivity index (χ0v) is 30.5. The monoisotopic (exact) mass is 719 g/mol. The van der Waals surface area contributed by atoms with Gasteiger partial charge in [-0.2, -0.15) is 0 Å². The molecule has 2 amide bonds. The third-order valence-electron chi connectivity index (χ3n) is 7.71. The molecule has 3 aromatic carbocycles. The van der Waals surface area contributed by atoms with Crippen LogP contribution < -0.4 is 26.0 Å². The van der Waals surface area contributed by atoms with Crippen LogP contribution in [0.5, 0.6) is 5.75 Å². The van der Waals surface area contributed by atoms with Crippen molar-refractivity contribution in [3.05, 3.63) is 78.4 Å². The van der Waals surface area contributed by atoms with Gasteiger partial charge in [-0.25, -0.2) is 4.98 Å². The Kier molecular flexibility index (Phi) is 15.7. The van der Waals surface area contributed by atoms with Gasteiger partial charge in [-0.05, 0) is 66.8 Å². The van der Waals surface area contributed by atoms with Gasteiger partial charge < -0.3 is 40.6 Å². The van der Waals surface area contributed by atoms with Gasteiger partial charge in [0.25, 0.3) is 5.91 Å². The summed E-state index contributed by atoms with van der Waals surface area (Å²) in [6.45, 7) is 5.90. The molecule has 0 aliphatic heterocycles. The fourth-order valence-electron chi connectivity index (χ4n) is 5.01. The van der Waals surface area contributed by atoms with Gasteiger partial charge in [-0.1, -0.05) is 55.5 Å². The molecule has 0 aliphatic rings. The van der Waals surface area contributed by atoms with E-state index in [0.29, 0.717) is 50.2 Å². The number of azo groups is 1. The van der Waals surface area contributed by atoms with Gasteiger partial charge in [-0.3, -0.25) is 9.59 Å². The van der Waals surface area contributed by atoms with Crippen LogP contribution in [0.2, 0.25) is 0 Å². The first-order valence-electron chi connectivity index (χ1n) is 17.0. The van der Waals surface area contributed by atoms with Crippen molar-refractivity contribution in [3.63, 3.8) is 0 Å². The summed E-state index contributed by atoms with van der Waals surface area (Å²) in [5, 5.41) is 25.1. The number of anilines is 1. The van der Waals surface area contributed by atoms with Gasteiger partial charge in [0.1, 0.15) is 24.5 Å². The second-order valence-corrected chi connectivity index (χ2v) is 13.6. The first-order valence-corrected chi connectivity index (χ1v) is 17.8. The van der Waals surface area contributed by atoms with Gasteiger partial charge in [0.2, 0.25) is 11.0 Å². The summed E-state index contributed by atoms with van der Waals surface area (Å²) in [4.78, 5) is 32.2. The Morgan fingerprint density at radius 2 is 1.63 bits per heavy atom. The number of amides is 2. The standard InChI is InChI=1S/C37H49N7O6S/c1-25(2)22-32(40-36(47)34(45)30(38)23-26-8-6-5-7-9-26)35(46)39-16-17-48-18-19-49-20-21-50-29-14-15-31-33(24-29)51-37(41-31)43-42-27-10-12-28(13-11-27)44(3)4/h5-15,24-25,30,32,34,45H,16-23,38H2,1-4H3,(H,39,46)(H,40,47). The van der Waals surface area contributed by atoms with E-state index in [2.05, 4.69) is 25.8 Å². The van der Waals surface area contributed by atoms with Gasteiger partial charge in [-0.15, -0.1) is 10.2 Å². The number of nitrogens with zero attached hydrogens (tertiary/aromatic N) is 4. The van der Waals surface area contributed by atoms with Crippen molar-refractivity contribution in [2.45, 2.75) is 44.9 Å². The Balaban J connectivity index is 1.08. The molecule has 3 unspecified atom stereocenters. The van der Waals surface area contributed by atoms with E-state index in [4.69, 9.17) is 19.9 Å². The molecule has 0 bridgehead atoms. The minimum Gasteiger partial charge on any atom is -0.491 e. The van der Waals surface area contributed by atoms with Crippen LogP contribution in [0, 0.1) is 5.92 Å². The van der Waals surface area contributed by atoms with Crippen LogP contribution in [-0.4, -0.2) is 93.8 Å². The number of carbonyl (C=O) groups excluding carboxylic acids is 2. The molecule has 5 N–H and O–H groups in total.